The third-order valence-corrected chi connectivity index (χ3v) is 4.45. The van der Waals surface area contributed by atoms with E-state index in [2.05, 4.69) is 15.5 Å². The largest absolute Gasteiger partial charge is 0.416 e. The maximum atomic E-state index is 12.5. The summed E-state index contributed by atoms with van der Waals surface area (Å²) in [6, 6.07) is 2.68. The van der Waals surface area contributed by atoms with Crippen LogP contribution in [0.25, 0.3) is 0 Å². The zero-order valence-electron chi connectivity index (χ0n) is 12.2. The Bertz CT molecular complexity index is 732. The van der Waals surface area contributed by atoms with Gasteiger partial charge in [0.25, 0.3) is 5.91 Å². The fourth-order valence-electron chi connectivity index (χ4n) is 1.56. The van der Waals surface area contributed by atoms with Gasteiger partial charge in [0, 0.05) is 5.56 Å². The molecule has 0 saturated heterocycles. The predicted octanol–water partition coefficient (Wildman–Crippen LogP) is 3.63. The van der Waals surface area contributed by atoms with E-state index in [0.717, 1.165) is 41.4 Å². The van der Waals surface area contributed by atoms with E-state index in [9.17, 15) is 22.8 Å². The van der Waals surface area contributed by atoms with E-state index in [4.69, 9.17) is 0 Å². The molecular formula is C13H11F3N4O2S2. The summed E-state index contributed by atoms with van der Waals surface area (Å²) in [5.41, 5.74) is -0.948. The van der Waals surface area contributed by atoms with Gasteiger partial charge in [-0.3, -0.25) is 15.4 Å². The van der Waals surface area contributed by atoms with Gasteiger partial charge in [0.05, 0.1) is 5.56 Å². The van der Waals surface area contributed by atoms with Crippen LogP contribution in [0, 0.1) is 0 Å². The molecule has 0 saturated carbocycles. The molecule has 0 unspecified atom stereocenters. The molecule has 11 heteroatoms. The van der Waals surface area contributed by atoms with Crippen molar-refractivity contribution in [2.45, 2.75) is 17.4 Å². The Morgan fingerprint density at radius 2 is 1.88 bits per heavy atom. The van der Waals surface area contributed by atoms with Gasteiger partial charge in [-0.2, -0.15) is 13.2 Å². The number of nitrogens with one attached hydrogen (secondary N) is 2. The van der Waals surface area contributed by atoms with Crippen LogP contribution in [-0.4, -0.2) is 27.9 Å². The number of alkyl halides is 3. The average Bonchev–Trinajstić information content (AvgIpc) is 2.94. The Hall–Kier alpha value is -2.14. The Balaban J connectivity index is 1.94. The van der Waals surface area contributed by atoms with E-state index >= 15 is 0 Å². The number of halogens is 3. The summed E-state index contributed by atoms with van der Waals surface area (Å²) in [5, 5.41) is 12.1. The van der Waals surface area contributed by atoms with Crippen LogP contribution in [0.5, 0.6) is 0 Å². The average molecular weight is 376 g/mol. The summed E-state index contributed by atoms with van der Waals surface area (Å²) >= 11 is 2.60. The SMILES string of the molecule is CCSc1nnc(NC(=O)NC(=O)c2ccc(C(F)(F)F)cc2)s1. The van der Waals surface area contributed by atoms with Crippen LogP contribution in [0.2, 0.25) is 0 Å². The number of aromatic nitrogens is 2. The van der Waals surface area contributed by atoms with Crippen LogP contribution >= 0.6 is 23.1 Å². The standard InChI is InChI=1S/C13H11F3N4O2S2/c1-2-23-12-20-19-11(24-12)18-10(22)17-9(21)7-3-5-8(6-4-7)13(14,15)16/h3-6H,2H2,1H3,(H2,17,18,19,21,22). The van der Waals surface area contributed by atoms with E-state index in [1.54, 1.807) is 0 Å². The molecule has 0 spiro atoms. The zero-order valence-corrected chi connectivity index (χ0v) is 13.8. The minimum Gasteiger partial charge on any atom is -0.282 e. The van der Waals surface area contributed by atoms with Crippen molar-refractivity contribution in [1.29, 1.82) is 0 Å². The first kappa shape index (κ1) is 18.2. The van der Waals surface area contributed by atoms with Gasteiger partial charge in [-0.15, -0.1) is 10.2 Å². The fourth-order valence-corrected chi connectivity index (χ4v) is 3.20. The van der Waals surface area contributed by atoms with Crippen LogP contribution in [-0.2, 0) is 6.18 Å². The lowest BCUT2D eigenvalue weighted by atomic mass is 10.1. The topological polar surface area (TPSA) is 84.0 Å². The molecule has 1 aromatic heterocycles. The van der Waals surface area contributed by atoms with Gasteiger partial charge in [0.1, 0.15) is 0 Å². The summed E-state index contributed by atoms with van der Waals surface area (Å²) < 4.78 is 38.0. The lowest BCUT2D eigenvalue weighted by Gasteiger charge is -2.07. The molecule has 6 nitrogen and oxygen atoms in total. The molecule has 0 fully saturated rings. The number of urea groups is 1. The minimum atomic E-state index is -4.49. The zero-order chi connectivity index (χ0) is 17.7. The van der Waals surface area contributed by atoms with Gasteiger partial charge in [-0.05, 0) is 30.0 Å². The fraction of sp³-hybridized carbons (Fsp3) is 0.231. The highest BCUT2D eigenvalue weighted by atomic mass is 32.2. The molecule has 2 aromatic rings. The Morgan fingerprint density at radius 1 is 1.21 bits per heavy atom. The Kier molecular flexibility index (Phi) is 5.78. The van der Waals surface area contributed by atoms with Gasteiger partial charge >= 0.3 is 12.2 Å². The molecule has 0 bridgehead atoms. The van der Waals surface area contributed by atoms with E-state index in [0.29, 0.717) is 4.34 Å². The van der Waals surface area contributed by atoms with Gasteiger partial charge in [0.2, 0.25) is 5.13 Å². The second kappa shape index (κ2) is 7.62. The van der Waals surface area contributed by atoms with Crippen LogP contribution in [0.15, 0.2) is 28.6 Å². The van der Waals surface area contributed by atoms with Gasteiger partial charge < -0.3 is 0 Å². The maximum Gasteiger partial charge on any atom is 0.416 e. The maximum absolute atomic E-state index is 12.5. The van der Waals surface area contributed by atoms with Gasteiger partial charge in [0.15, 0.2) is 4.34 Å². The number of imide groups is 1. The molecule has 24 heavy (non-hydrogen) atoms. The molecule has 0 radical (unpaired) electrons. The molecule has 1 heterocycles. The van der Waals surface area contributed by atoms with Crippen molar-refractivity contribution in [2.24, 2.45) is 0 Å². The summed E-state index contributed by atoms with van der Waals surface area (Å²) in [5.74, 6) is -0.0262. The monoisotopic (exact) mass is 376 g/mol. The molecule has 2 N–H and O–H groups in total. The van der Waals surface area contributed by atoms with E-state index < -0.39 is 23.7 Å². The van der Waals surface area contributed by atoms with Crippen molar-refractivity contribution in [1.82, 2.24) is 15.5 Å². The molecule has 0 aliphatic rings. The summed E-state index contributed by atoms with van der Waals surface area (Å²) in [6.45, 7) is 1.94. The normalized spacial score (nSPS) is 11.2. The Labute approximate surface area is 142 Å². The number of hydrogen-bond donors (Lipinski definition) is 2. The second-order valence-corrected chi connectivity index (χ2v) is 6.78. The van der Waals surface area contributed by atoms with Crippen LogP contribution in [0.3, 0.4) is 0 Å². The highest BCUT2D eigenvalue weighted by Gasteiger charge is 2.30. The molecule has 128 valence electrons. The van der Waals surface area contributed by atoms with E-state index in [1.165, 1.54) is 11.8 Å². The lowest BCUT2D eigenvalue weighted by Crippen LogP contribution is -2.34. The third kappa shape index (κ3) is 4.93. The van der Waals surface area contributed by atoms with Crippen LogP contribution in [0.4, 0.5) is 23.1 Å². The number of hydrogen-bond acceptors (Lipinski definition) is 6. The summed E-state index contributed by atoms with van der Waals surface area (Å²) in [6.07, 6.45) is -4.49. The number of carbonyl (C=O) groups excluding carboxylic acids is 2. The molecule has 1 aromatic carbocycles. The summed E-state index contributed by atoms with van der Waals surface area (Å²) in [4.78, 5) is 23.5. The first-order valence-electron chi connectivity index (χ1n) is 6.55. The van der Waals surface area contributed by atoms with Crippen molar-refractivity contribution in [2.75, 3.05) is 11.1 Å². The highest BCUT2D eigenvalue weighted by Crippen LogP contribution is 2.29. The first-order valence-corrected chi connectivity index (χ1v) is 8.35. The lowest BCUT2D eigenvalue weighted by molar-refractivity contribution is -0.137. The quantitative estimate of drug-likeness (QED) is 0.629. The molecule has 2 rings (SSSR count). The number of nitrogens with zero attached hydrogens (tertiary/aromatic N) is 2. The molecule has 3 amide bonds. The first-order chi connectivity index (χ1) is 11.3. The summed E-state index contributed by atoms with van der Waals surface area (Å²) in [7, 11) is 0. The van der Waals surface area contributed by atoms with Crippen molar-refractivity contribution >= 4 is 40.2 Å². The van der Waals surface area contributed by atoms with Crippen molar-refractivity contribution in [3.63, 3.8) is 0 Å². The van der Waals surface area contributed by atoms with Gasteiger partial charge in [-0.1, -0.05) is 30.0 Å². The predicted molar refractivity (Wildman–Crippen MR) is 84.2 cm³/mol. The van der Waals surface area contributed by atoms with E-state index in [1.807, 2.05) is 12.2 Å². The van der Waals surface area contributed by atoms with Crippen molar-refractivity contribution in [3.8, 4) is 0 Å². The highest BCUT2D eigenvalue weighted by molar-refractivity contribution is 8.01. The molecular weight excluding hydrogens is 365 g/mol. The van der Waals surface area contributed by atoms with Crippen LogP contribution in [0.1, 0.15) is 22.8 Å². The molecule has 0 atom stereocenters. The number of carbonyl (C=O) groups is 2. The molecule has 0 aliphatic carbocycles. The molecule has 0 aliphatic heterocycles. The number of rotatable bonds is 4. The second-order valence-electron chi connectivity index (χ2n) is 4.29. The van der Waals surface area contributed by atoms with Crippen molar-refractivity contribution in [3.05, 3.63) is 35.4 Å². The van der Waals surface area contributed by atoms with Gasteiger partial charge in [-0.25, -0.2) is 4.79 Å². The minimum absolute atomic E-state index is 0.0716. The van der Waals surface area contributed by atoms with Crippen LogP contribution < -0.4 is 10.6 Å². The number of thioether (sulfide) groups is 1. The van der Waals surface area contributed by atoms with Crippen molar-refractivity contribution < 1.29 is 22.8 Å². The smallest absolute Gasteiger partial charge is 0.282 e. The number of anilines is 1. The Morgan fingerprint density at radius 3 is 2.46 bits per heavy atom. The number of amides is 3. The van der Waals surface area contributed by atoms with E-state index in [-0.39, 0.29) is 10.7 Å². The number of benzene rings is 1. The third-order valence-electron chi connectivity index (χ3n) is 2.60.